The molecule has 0 atom stereocenters. The molecule has 166 valence electrons. The summed E-state index contributed by atoms with van der Waals surface area (Å²) in [6.45, 7) is 4.68. The summed E-state index contributed by atoms with van der Waals surface area (Å²) in [6.07, 6.45) is 7.49. The van der Waals surface area contributed by atoms with Gasteiger partial charge in [0, 0.05) is 43.0 Å². The van der Waals surface area contributed by atoms with Crippen LogP contribution < -0.4 is 14.9 Å². The van der Waals surface area contributed by atoms with E-state index in [-0.39, 0.29) is 16.8 Å². The molecule has 0 radical (unpaired) electrons. The maximum atomic E-state index is 13.0. The highest BCUT2D eigenvalue weighted by Gasteiger charge is 2.28. The Labute approximate surface area is 183 Å². The van der Waals surface area contributed by atoms with Crippen molar-refractivity contribution in [1.29, 1.82) is 0 Å². The lowest BCUT2D eigenvalue weighted by Gasteiger charge is -2.34. The first kappa shape index (κ1) is 21.7. The minimum Gasteiger partial charge on any atom is -0.356 e. The van der Waals surface area contributed by atoms with Gasteiger partial charge >= 0.3 is 0 Å². The third-order valence-electron chi connectivity index (χ3n) is 6.00. The quantitative estimate of drug-likeness (QED) is 0.736. The van der Waals surface area contributed by atoms with Crippen molar-refractivity contribution in [2.75, 3.05) is 23.3 Å². The van der Waals surface area contributed by atoms with Crippen LogP contribution in [-0.2, 0) is 27.7 Å². The van der Waals surface area contributed by atoms with Gasteiger partial charge in [0.05, 0.1) is 4.90 Å². The molecule has 1 fully saturated rings. The topological polar surface area (TPSA) is 104 Å². The number of piperidine rings is 1. The lowest BCUT2D eigenvalue weighted by atomic mass is 9.95. The number of aromatic nitrogens is 2. The van der Waals surface area contributed by atoms with E-state index in [1.807, 2.05) is 0 Å². The average molecular weight is 444 g/mol. The molecule has 0 bridgehead atoms. The molecule has 31 heavy (non-hydrogen) atoms. The number of sulfonamides is 1. The van der Waals surface area contributed by atoms with Crippen LogP contribution >= 0.6 is 0 Å². The van der Waals surface area contributed by atoms with E-state index in [2.05, 4.69) is 24.9 Å². The van der Waals surface area contributed by atoms with E-state index in [0.717, 1.165) is 50.3 Å². The van der Waals surface area contributed by atoms with E-state index in [4.69, 9.17) is 0 Å². The zero-order valence-electron chi connectivity index (χ0n) is 18.0. The molecule has 2 N–H and O–H groups in total. The molecule has 1 saturated heterocycles. The first-order valence-corrected chi connectivity index (χ1v) is 12.3. The van der Waals surface area contributed by atoms with Crippen molar-refractivity contribution >= 4 is 27.4 Å². The number of nitrogens with zero attached hydrogens (tertiary/aromatic N) is 3. The van der Waals surface area contributed by atoms with Crippen LogP contribution in [0.25, 0.3) is 0 Å². The summed E-state index contributed by atoms with van der Waals surface area (Å²) in [4.78, 5) is 22.7. The minimum atomic E-state index is -3.64. The molecule has 1 aromatic heterocycles. The monoisotopic (exact) mass is 443 g/mol. The summed E-state index contributed by atoms with van der Waals surface area (Å²) >= 11 is 0. The Morgan fingerprint density at radius 3 is 2.58 bits per heavy atom. The zero-order chi connectivity index (χ0) is 22.0. The molecule has 1 aliphatic carbocycles. The molecule has 8 nitrogen and oxygen atoms in total. The highest BCUT2D eigenvalue weighted by atomic mass is 32.2. The lowest BCUT2D eigenvalue weighted by Crippen LogP contribution is -2.45. The molecular formula is C22H29N5O3S. The number of rotatable bonds is 5. The number of fused-ring (bicyclic) bond motifs is 1. The summed E-state index contributed by atoms with van der Waals surface area (Å²) in [5.74, 6) is 0.834. The van der Waals surface area contributed by atoms with Gasteiger partial charge in [0.1, 0.15) is 12.1 Å². The second kappa shape index (κ2) is 8.92. The van der Waals surface area contributed by atoms with Crippen molar-refractivity contribution in [3.8, 4) is 0 Å². The molecule has 9 heteroatoms. The summed E-state index contributed by atoms with van der Waals surface area (Å²) in [7, 11) is -3.64. The van der Waals surface area contributed by atoms with E-state index in [1.54, 1.807) is 31.5 Å². The number of amides is 1. The highest BCUT2D eigenvalue weighted by Crippen LogP contribution is 2.29. The average Bonchev–Trinajstić information content (AvgIpc) is 2.73. The van der Waals surface area contributed by atoms with Gasteiger partial charge in [-0.2, -0.15) is 0 Å². The Morgan fingerprint density at radius 2 is 1.87 bits per heavy atom. The maximum Gasteiger partial charge on any atom is 0.241 e. The highest BCUT2D eigenvalue weighted by molar-refractivity contribution is 7.89. The first-order chi connectivity index (χ1) is 14.8. The molecule has 0 unspecified atom stereocenters. The van der Waals surface area contributed by atoms with Gasteiger partial charge in [-0.15, -0.1) is 0 Å². The van der Waals surface area contributed by atoms with Crippen molar-refractivity contribution in [3.05, 3.63) is 41.3 Å². The van der Waals surface area contributed by atoms with Crippen molar-refractivity contribution in [3.63, 3.8) is 0 Å². The molecule has 1 amide bonds. The van der Waals surface area contributed by atoms with Crippen LogP contribution in [0.4, 0.5) is 11.5 Å². The van der Waals surface area contributed by atoms with Crippen molar-refractivity contribution in [2.45, 2.75) is 63.3 Å². The Hall–Kier alpha value is -2.52. The number of aryl methyl sites for hydroxylation is 2. The van der Waals surface area contributed by atoms with E-state index in [9.17, 15) is 13.2 Å². The van der Waals surface area contributed by atoms with Gasteiger partial charge in [0.25, 0.3) is 0 Å². The van der Waals surface area contributed by atoms with Crippen molar-refractivity contribution < 1.29 is 13.2 Å². The fourth-order valence-corrected chi connectivity index (χ4v) is 6.03. The number of nitrogens with one attached hydrogen (secondary N) is 2. The van der Waals surface area contributed by atoms with Crippen LogP contribution in [0.2, 0.25) is 0 Å². The zero-order valence-corrected chi connectivity index (χ0v) is 18.8. The molecule has 4 rings (SSSR count). The summed E-state index contributed by atoms with van der Waals surface area (Å²) < 4.78 is 28.8. The first-order valence-electron chi connectivity index (χ1n) is 10.8. The fraction of sp³-hybridized carbons (Fsp3) is 0.500. The van der Waals surface area contributed by atoms with Crippen LogP contribution in [0.3, 0.4) is 0 Å². The van der Waals surface area contributed by atoms with E-state index in [1.165, 1.54) is 25.3 Å². The third kappa shape index (κ3) is 4.88. The van der Waals surface area contributed by atoms with Gasteiger partial charge < -0.3 is 10.2 Å². The van der Waals surface area contributed by atoms with Crippen LogP contribution in [0.1, 0.15) is 49.4 Å². The lowest BCUT2D eigenvalue weighted by molar-refractivity contribution is -0.114. The third-order valence-corrected chi connectivity index (χ3v) is 7.68. The maximum absolute atomic E-state index is 13.0. The number of carbonyl (C=O) groups excluding carboxylic acids is 1. The fourth-order valence-electron chi connectivity index (χ4n) is 4.50. The van der Waals surface area contributed by atoms with Crippen molar-refractivity contribution in [1.82, 2.24) is 14.7 Å². The van der Waals surface area contributed by atoms with E-state index >= 15 is 0 Å². The number of hydrogen-bond donors (Lipinski definition) is 2. The molecule has 0 spiro atoms. The molecule has 2 aromatic rings. The SMILES string of the molecule is CC(=O)Nc1ccc(S(=O)(=O)NC2CCN(c3ncnc4c3CCCC4)CC2)c(C)c1. The van der Waals surface area contributed by atoms with Crippen LogP contribution in [0.15, 0.2) is 29.4 Å². The molecule has 1 aliphatic heterocycles. The van der Waals surface area contributed by atoms with Crippen molar-refractivity contribution in [2.24, 2.45) is 0 Å². The molecule has 2 heterocycles. The summed E-state index contributed by atoms with van der Waals surface area (Å²) in [5.41, 5.74) is 3.62. The Balaban J connectivity index is 1.41. The Morgan fingerprint density at radius 1 is 1.13 bits per heavy atom. The largest absolute Gasteiger partial charge is 0.356 e. The molecule has 0 saturated carbocycles. The molecule has 1 aromatic carbocycles. The number of anilines is 2. The van der Waals surface area contributed by atoms with Crippen LogP contribution in [0, 0.1) is 6.92 Å². The second-order valence-corrected chi connectivity index (χ2v) is 10.1. The Bertz CT molecular complexity index is 1080. The van der Waals surface area contributed by atoms with Crippen LogP contribution in [0.5, 0.6) is 0 Å². The molecular weight excluding hydrogens is 414 g/mol. The number of carbonyl (C=O) groups is 1. The van der Waals surface area contributed by atoms with E-state index < -0.39 is 10.0 Å². The minimum absolute atomic E-state index is 0.117. The smallest absolute Gasteiger partial charge is 0.241 e. The second-order valence-electron chi connectivity index (χ2n) is 8.37. The van der Waals surface area contributed by atoms with Gasteiger partial charge in [0.15, 0.2) is 0 Å². The normalized spacial score (nSPS) is 17.3. The van der Waals surface area contributed by atoms with Gasteiger partial charge in [0.2, 0.25) is 15.9 Å². The van der Waals surface area contributed by atoms with Crippen LogP contribution in [-0.4, -0.2) is 43.4 Å². The summed E-state index contributed by atoms with van der Waals surface area (Å²) in [5, 5.41) is 2.68. The van der Waals surface area contributed by atoms with Gasteiger partial charge in [-0.25, -0.2) is 23.1 Å². The van der Waals surface area contributed by atoms with Gasteiger partial charge in [-0.05, 0) is 69.2 Å². The standard InChI is InChI=1S/C22H29N5O3S/c1-15-13-18(25-16(2)28)7-8-21(15)31(29,30)26-17-9-11-27(12-10-17)22-19-5-3-4-6-20(19)23-14-24-22/h7-8,13-14,17,26H,3-6,9-12H2,1-2H3,(H,25,28). The summed E-state index contributed by atoms with van der Waals surface area (Å²) in [6, 6.07) is 4.72. The number of benzene rings is 1. The van der Waals surface area contributed by atoms with Gasteiger partial charge in [-0.3, -0.25) is 4.79 Å². The predicted octanol–water partition coefficient (Wildman–Crippen LogP) is 2.57. The number of hydrogen-bond acceptors (Lipinski definition) is 6. The van der Waals surface area contributed by atoms with Gasteiger partial charge in [-0.1, -0.05) is 0 Å². The molecule has 2 aliphatic rings. The van der Waals surface area contributed by atoms with E-state index in [0.29, 0.717) is 11.3 Å². The predicted molar refractivity (Wildman–Crippen MR) is 120 cm³/mol. The Kier molecular flexibility index (Phi) is 6.24.